The zero-order chi connectivity index (χ0) is 11.6. The number of hydrogen-bond donors (Lipinski definition) is 2. The van der Waals surface area contributed by atoms with E-state index in [-0.39, 0.29) is 29.6 Å². The number of phosphoric acid groups is 1. The zero-order valence-electron chi connectivity index (χ0n) is 8.11. The van der Waals surface area contributed by atoms with Crippen LogP contribution in [-0.4, -0.2) is 16.0 Å². The van der Waals surface area contributed by atoms with Gasteiger partial charge in [0.05, 0.1) is 5.56 Å². The summed E-state index contributed by atoms with van der Waals surface area (Å²) in [6.45, 7) is 0. The average molecular weight is 255 g/mol. The van der Waals surface area contributed by atoms with Crippen LogP contribution in [0.2, 0.25) is 0 Å². The molecule has 0 radical (unpaired) electrons. The molecule has 0 saturated heterocycles. The van der Waals surface area contributed by atoms with Crippen LogP contribution in [0.1, 0.15) is 10.4 Å². The monoisotopic (exact) mass is 255 g/mol. The van der Waals surface area contributed by atoms with E-state index in [0.29, 0.717) is 0 Å². The van der Waals surface area contributed by atoms with E-state index < -0.39 is 30.9 Å². The summed E-state index contributed by atoms with van der Waals surface area (Å²) in [6, 6.07) is 2.35. The first-order valence-corrected chi connectivity index (χ1v) is 5.06. The zero-order valence-corrected chi connectivity index (χ0v) is 11.0. The molecule has 1 rings (SSSR count). The first kappa shape index (κ1) is 15.4. The van der Waals surface area contributed by atoms with Crippen LogP contribution in [0.25, 0.3) is 0 Å². The Labute approximate surface area is 112 Å². The van der Waals surface area contributed by atoms with Crippen molar-refractivity contribution in [3.8, 4) is 11.5 Å². The number of carbonyl (C=O) groups is 1. The fraction of sp³-hybridized carbons (Fsp3) is 0. The third-order valence-corrected chi connectivity index (χ3v) is 1.79. The molecule has 0 aliphatic carbocycles. The Bertz CT molecular complexity index is 440. The molecule has 0 saturated carbocycles. The Hall–Kier alpha value is -0.560. The van der Waals surface area contributed by atoms with E-state index in [1.165, 1.54) is 0 Å². The topological polar surface area (TPSA) is 130 Å². The summed E-state index contributed by atoms with van der Waals surface area (Å²) in [7, 11) is -5.04. The van der Waals surface area contributed by atoms with Gasteiger partial charge in [0.25, 0.3) is 0 Å². The molecule has 7 nitrogen and oxygen atoms in total. The predicted octanol–water partition coefficient (Wildman–Crippen LogP) is -3.70. The van der Waals surface area contributed by atoms with Gasteiger partial charge in [0.2, 0.25) is 0 Å². The second-order valence-electron chi connectivity index (χ2n) is 2.56. The number of carboxylic acid groups (broad SMARTS) is 1. The van der Waals surface area contributed by atoms with Gasteiger partial charge in [-0.15, -0.1) is 5.75 Å². The van der Waals surface area contributed by atoms with Crippen LogP contribution in [0, 0.1) is 0 Å². The maximum Gasteiger partial charge on any atom is 1.00 e. The Balaban J connectivity index is 0.00000225. The minimum atomic E-state index is -5.04. The fourth-order valence-corrected chi connectivity index (χ4v) is 1.25. The summed E-state index contributed by atoms with van der Waals surface area (Å²) in [5.74, 6) is -2.68. The number of rotatable bonds is 3. The van der Waals surface area contributed by atoms with Crippen molar-refractivity contribution in [1.82, 2.24) is 0 Å². The standard InChI is InChI=1S/C7H7O7P.Na/c8-5-1-4(7(9)10)2-6(3-5)14-15(11,12)13;/h1-3,8H,(H,9,10)(H2,11,12,13);/q;+1/p-2. The smallest absolute Gasteiger partial charge is 0.872 e. The van der Waals surface area contributed by atoms with Crippen molar-refractivity contribution < 1.29 is 63.4 Å². The van der Waals surface area contributed by atoms with Crippen molar-refractivity contribution in [2.24, 2.45) is 0 Å². The van der Waals surface area contributed by atoms with Crippen molar-refractivity contribution in [1.29, 1.82) is 0 Å². The van der Waals surface area contributed by atoms with Crippen molar-refractivity contribution in [3.63, 3.8) is 0 Å². The van der Waals surface area contributed by atoms with Gasteiger partial charge in [-0.3, -0.25) is 4.57 Å². The van der Waals surface area contributed by atoms with Crippen LogP contribution < -0.4 is 44.1 Å². The summed E-state index contributed by atoms with van der Waals surface area (Å²) < 4.78 is 14.3. The van der Waals surface area contributed by atoms with E-state index in [2.05, 4.69) is 4.52 Å². The first-order valence-electron chi connectivity index (χ1n) is 3.57. The molecule has 2 N–H and O–H groups in total. The number of carboxylic acids is 1. The molecule has 9 heteroatoms. The Morgan fingerprint density at radius 2 is 1.94 bits per heavy atom. The van der Waals surface area contributed by atoms with Crippen LogP contribution >= 0.6 is 7.82 Å². The second-order valence-corrected chi connectivity index (χ2v) is 3.68. The van der Waals surface area contributed by atoms with E-state index in [1.54, 1.807) is 0 Å². The average Bonchev–Trinajstić information content (AvgIpc) is 1.99. The maximum atomic E-state index is 10.9. The molecule has 0 aromatic heterocycles. The first-order chi connectivity index (χ1) is 6.78. The second kappa shape index (κ2) is 5.67. The Kier molecular flexibility index (Phi) is 5.48. The molecular weight excluding hydrogens is 250 g/mol. The van der Waals surface area contributed by atoms with Crippen molar-refractivity contribution in [2.45, 2.75) is 0 Å². The third-order valence-electron chi connectivity index (χ3n) is 1.35. The van der Waals surface area contributed by atoms with E-state index in [9.17, 15) is 19.4 Å². The molecule has 0 bridgehead atoms. The molecule has 1 aromatic carbocycles. The molecule has 82 valence electrons. The van der Waals surface area contributed by atoms with E-state index in [1.807, 2.05) is 0 Å². The van der Waals surface area contributed by atoms with Gasteiger partial charge in [0.1, 0.15) is 5.75 Å². The molecule has 1 aromatic rings. The number of phosphoric ester groups is 1. The van der Waals surface area contributed by atoms with Crippen LogP contribution in [0.5, 0.6) is 11.5 Å². The SMILES string of the molecule is O=C(O)c1cc([O-])cc(OP(=O)([O-])O)c1.[Na+]. The summed E-state index contributed by atoms with van der Waals surface area (Å²) >= 11 is 0. The Morgan fingerprint density at radius 1 is 1.38 bits per heavy atom. The van der Waals surface area contributed by atoms with Crippen LogP contribution in [0.4, 0.5) is 0 Å². The quantitative estimate of drug-likeness (QED) is 0.420. The van der Waals surface area contributed by atoms with Gasteiger partial charge < -0.3 is 24.5 Å². The van der Waals surface area contributed by atoms with Crippen LogP contribution in [-0.2, 0) is 4.57 Å². The molecular formula is C7H5NaO7P-. The van der Waals surface area contributed by atoms with Crippen LogP contribution in [0.15, 0.2) is 18.2 Å². The summed E-state index contributed by atoms with van der Waals surface area (Å²) in [4.78, 5) is 29.1. The van der Waals surface area contributed by atoms with Gasteiger partial charge in [-0.2, -0.15) is 0 Å². The number of aromatic carboxylic acids is 1. The van der Waals surface area contributed by atoms with Crippen molar-refractivity contribution >= 4 is 13.8 Å². The largest absolute Gasteiger partial charge is 1.00 e. The molecule has 0 aliphatic rings. The summed E-state index contributed by atoms with van der Waals surface area (Å²) in [6.07, 6.45) is 0. The van der Waals surface area contributed by atoms with Crippen LogP contribution in [0.3, 0.4) is 0 Å². The van der Waals surface area contributed by atoms with E-state index in [0.717, 1.165) is 18.2 Å². The molecule has 0 heterocycles. The Morgan fingerprint density at radius 3 is 2.38 bits per heavy atom. The maximum absolute atomic E-state index is 10.9. The van der Waals surface area contributed by atoms with Crippen molar-refractivity contribution in [3.05, 3.63) is 23.8 Å². The molecule has 0 spiro atoms. The predicted molar refractivity (Wildman–Crippen MR) is 43.3 cm³/mol. The van der Waals surface area contributed by atoms with Gasteiger partial charge >= 0.3 is 43.3 Å². The minimum absolute atomic E-state index is 0. The van der Waals surface area contributed by atoms with Gasteiger partial charge in [0, 0.05) is 0 Å². The molecule has 1 unspecified atom stereocenters. The number of hydrogen-bond acceptors (Lipinski definition) is 5. The minimum Gasteiger partial charge on any atom is -0.872 e. The van der Waals surface area contributed by atoms with Gasteiger partial charge in [0.15, 0.2) is 0 Å². The fourth-order valence-electron chi connectivity index (χ4n) is 0.881. The van der Waals surface area contributed by atoms with Gasteiger partial charge in [-0.1, -0.05) is 6.07 Å². The normalized spacial score (nSPS) is 13.4. The molecule has 0 fully saturated rings. The molecule has 0 aliphatic heterocycles. The van der Waals surface area contributed by atoms with Gasteiger partial charge in [-0.25, -0.2) is 4.79 Å². The van der Waals surface area contributed by atoms with E-state index in [4.69, 9.17) is 10.00 Å². The summed E-state index contributed by atoms with van der Waals surface area (Å²) in [5, 5.41) is 19.4. The third kappa shape index (κ3) is 4.98. The van der Waals surface area contributed by atoms with Crippen molar-refractivity contribution in [2.75, 3.05) is 0 Å². The van der Waals surface area contributed by atoms with E-state index >= 15 is 0 Å². The number of benzene rings is 1. The van der Waals surface area contributed by atoms with Gasteiger partial charge in [-0.05, 0) is 12.1 Å². The summed E-state index contributed by atoms with van der Waals surface area (Å²) in [5.41, 5.74) is -0.425. The molecule has 16 heavy (non-hydrogen) atoms. The molecule has 0 amide bonds. The molecule has 1 atom stereocenters.